The number of ketones is 1. The Morgan fingerprint density at radius 2 is 2.24 bits per heavy atom. The van der Waals surface area contributed by atoms with Crippen LogP contribution in [-0.2, 0) is 13.5 Å². The van der Waals surface area contributed by atoms with Gasteiger partial charge in [0, 0.05) is 7.05 Å². The maximum absolute atomic E-state index is 12.0. The Morgan fingerprint density at radius 3 is 2.71 bits per heavy atom. The van der Waals surface area contributed by atoms with Gasteiger partial charge >= 0.3 is 0 Å². The lowest BCUT2D eigenvalue weighted by molar-refractivity contribution is 0.0963. The first-order valence-electron chi connectivity index (χ1n) is 5.26. The van der Waals surface area contributed by atoms with Crippen LogP contribution in [0.1, 0.15) is 27.5 Å². The number of furan rings is 1. The van der Waals surface area contributed by atoms with Crippen molar-refractivity contribution in [2.24, 2.45) is 7.05 Å². The average molecular weight is 253 g/mol. The van der Waals surface area contributed by atoms with Crippen LogP contribution < -0.4 is 0 Å². The molecule has 0 unspecified atom stereocenters. The van der Waals surface area contributed by atoms with Crippen LogP contribution in [0, 0.1) is 13.8 Å². The fourth-order valence-electron chi connectivity index (χ4n) is 1.76. The second-order valence-corrected chi connectivity index (χ2v) is 4.38. The van der Waals surface area contributed by atoms with Gasteiger partial charge in [0.25, 0.3) is 0 Å². The molecule has 2 aromatic rings. The van der Waals surface area contributed by atoms with Crippen LogP contribution in [0.15, 0.2) is 16.7 Å². The summed E-state index contributed by atoms with van der Waals surface area (Å²) in [4.78, 5) is 12.0. The summed E-state index contributed by atoms with van der Waals surface area (Å²) >= 11 is 6.09. The van der Waals surface area contributed by atoms with E-state index in [0.717, 1.165) is 11.3 Å². The van der Waals surface area contributed by atoms with Crippen molar-refractivity contribution in [2.75, 3.05) is 0 Å². The highest BCUT2D eigenvalue weighted by atomic mass is 35.5. The number of carbonyl (C=O) groups excluding carboxylic acids is 1. The molecule has 2 aromatic heterocycles. The molecule has 0 spiro atoms. The highest BCUT2D eigenvalue weighted by Crippen LogP contribution is 2.21. The number of halogens is 1. The highest BCUT2D eigenvalue weighted by Gasteiger charge is 2.19. The molecule has 0 atom stereocenters. The summed E-state index contributed by atoms with van der Waals surface area (Å²) in [5.41, 5.74) is 2.28. The van der Waals surface area contributed by atoms with E-state index < -0.39 is 0 Å². The Hall–Kier alpha value is -1.55. The zero-order chi connectivity index (χ0) is 12.6. The van der Waals surface area contributed by atoms with Crippen LogP contribution in [0.5, 0.6) is 0 Å². The number of nitrogens with zero attached hydrogens (tertiary/aromatic N) is 2. The van der Waals surface area contributed by atoms with Crippen molar-refractivity contribution in [1.29, 1.82) is 0 Å². The molecule has 2 rings (SSSR count). The second kappa shape index (κ2) is 4.37. The minimum Gasteiger partial charge on any atom is -0.461 e. The Bertz CT molecular complexity index is 569. The molecule has 0 radical (unpaired) electrons. The molecule has 0 aromatic carbocycles. The average Bonchev–Trinajstić information content (AvgIpc) is 2.78. The van der Waals surface area contributed by atoms with E-state index in [4.69, 9.17) is 16.0 Å². The smallest absolute Gasteiger partial charge is 0.204 e. The van der Waals surface area contributed by atoms with Gasteiger partial charge in [-0.25, -0.2) is 0 Å². The van der Waals surface area contributed by atoms with Gasteiger partial charge in [0.15, 0.2) is 5.76 Å². The molecule has 5 heteroatoms. The molecule has 0 bridgehead atoms. The van der Waals surface area contributed by atoms with Crippen LogP contribution in [0.3, 0.4) is 0 Å². The number of hydrogen-bond donors (Lipinski definition) is 0. The van der Waals surface area contributed by atoms with Crippen molar-refractivity contribution in [3.05, 3.63) is 40.1 Å². The minimum atomic E-state index is -0.0857. The number of aromatic nitrogens is 2. The fourth-order valence-corrected chi connectivity index (χ4v) is 1.99. The topological polar surface area (TPSA) is 48.0 Å². The van der Waals surface area contributed by atoms with Crippen LogP contribution in [0.2, 0.25) is 5.02 Å². The van der Waals surface area contributed by atoms with Gasteiger partial charge in [-0.05, 0) is 25.5 Å². The first-order valence-corrected chi connectivity index (χ1v) is 5.63. The number of hydrogen-bond acceptors (Lipinski definition) is 3. The van der Waals surface area contributed by atoms with Crippen molar-refractivity contribution in [3.63, 3.8) is 0 Å². The number of aryl methyl sites for hydroxylation is 3. The first-order chi connectivity index (χ1) is 8.00. The Balaban J connectivity index is 2.28. The van der Waals surface area contributed by atoms with Crippen molar-refractivity contribution in [3.8, 4) is 0 Å². The molecule has 90 valence electrons. The number of carbonyl (C=O) groups is 1. The molecule has 0 aliphatic heterocycles. The summed E-state index contributed by atoms with van der Waals surface area (Å²) in [6.45, 7) is 3.65. The lowest BCUT2D eigenvalue weighted by Gasteiger charge is -2.01. The van der Waals surface area contributed by atoms with E-state index >= 15 is 0 Å². The third kappa shape index (κ3) is 2.13. The minimum absolute atomic E-state index is 0.0857. The van der Waals surface area contributed by atoms with Gasteiger partial charge in [-0.15, -0.1) is 0 Å². The van der Waals surface area contributed by atoms with Crippen molar-refractivity contribution in [2.45, 2.75) is 20.3 Å². The normalized spacial score (nSPS) is 10.8. The highest BCUT2D eigenvalue weighted by molar-refractivity contribution is 6.32. The van der Waals surface area contributed by atoms with Crippen LogP contribution in [0.4, 0.5) is 0 Å². The SMILES string of the molecule is Cc1ccoc1C(=O)Cc1c(Cl)c(C)nn1C. The van der Waals surface area contributed by atoms with E-state index in [1.807, 2.05) is 13.8 Å². The molecule has 0 fully saturated rings. The summed E-state index contributed by atoms with van der Waals surface area (Å²) in [5.74, 6) is 0.303. The van der Waals surface area contributed by atoms with Crippen molar-refractivity contribution < 1.29 is 9.21 Å². The molecule has 2 heterocycles. The first kappa shape index (κ1) is 11.9. The maximum atomic E-state index is 12.0. The predicted molar refractivity (Wildman–Crippen MR) is 64.4 cm³/mol. The standard InChI is InChI=1S/C12H13ClN2O2/c1-7-4-5-17-12(7)10(16)6-9-11(13)8(2)14-15(9)3/h4-5H,6H2,1-3H3. The Kier molecular flexibility index (Phi) is 3.07. The van der Waals surface area contributed by atoms with E-state index in [0.29, 0.717) is 16.5 Å². The maximum Gasteiger partial charge on any atom is 0.204 e. The van der Waals surface area contributed by atoms with E-state index in [1.165, 1.54) is 6.26 Å². The summed E-state index contributed by atoms with van der Waals surface area (Å²) < 4.78 is 6.80. The van der Waals surface area contributed by atoms with Gasteiger partial charge < -0.3 is 4.42 Å². The van der Waals surface area contributed by atoms with Crippen LogP contribution in [0.25, 0.3) is 0 Å². The van der Waals surface area contributed by atoms with Crippen LogP contribution >= 0.6 is 11.6 Å². The number of Topliss-reactive ketones (excluding diaryl/α,β-unsaturated/α-hetero) is 1. The third-order valence-corrected chi connectivity index (χ3v) is 3.20. The van der Waals surface area contributed by atoms with Gasteiger partial charge in [-0.2, -0.15) is 5.10 Å². The summed E-state index contributed by atoms with van der Waals surface area (Å²) in [7, 11) is 1.77. The largest absolute Gasteiger partial charge is 0.461 e. The molecule has 0 aliphatic rings. The lowest BCUT2D eigenvalue weighted by atomic mass is 10.1. The molecule has 0 saturated heterocycles. The quantitative estimate of drug-likeness (QED) is 0.789. The fraction of sp³-hybridized carbons (Fsp3) is 0.333. The van der Waals surface area contributed by atoms with Gasteiger partial charge in [0.05, 0.1) is 29.1 Å². The summed E-state index contributed by atoms with van der Waals surface area (Å²) in [6, 6.07) is 1.77. The van der Waals surface area contributed by atoms with E-state index in [9.17, 15) is 4.79 Å². The van der Waals surface area contributed by atoms with Gasteiger partial charge in [0.2, 0.25) is 5.78 Å². The number of rotatable bonds is 3. The van der Waals surface area contributed by atoms with E-state index in [-0.39, 0.29) is 12.2 Å². The molecule has 0 saturated carbocycles. The Morgan fingerprint density at radius 1 is 1.53 bits per heavy atom. The molecular formula is C12H13ClN2O2. The molecule has 17 heavy (non-hydrogen) atoms. The zero-order valence-electron chi connectivity index (χ0n) is 9.95. The van der Waals surface area contributed by atoms with E-state index in [2.05, 4.69) is 5.10 Å². The molecule has 0 N–H and O–H groups in total. The van der Waals surface area contributed by atoms with Crippen molar-refractivity contribution >= 4 is 17.4 Å². The van der Waals surface area contributed by atoms with Gasteiger partial charge in [-0.1, -0.05) is 11.6 Å². The predicted octanol–water partition coefficient (Wildman–Crippen LogP) is 2.71. The van der Waals surface area contributed by atoms with Crippen LogP contribution in [-0.4, -0.2) is 15.6 Å². The molecule has 0 aliphatic carbocycles. The zero-order valence-corrected chi connectivity index (χ0v) is 10.7. The molecule has 0 amide bonds. The monoisotopic (exact) mass is 252 g/mol. The molecule has 4 nitrogen and oxygen atoms in total. The van der Waals surface area contributed by atoms with Gasteiger partial charge in [0.1, 0.15) is 0 Å². The summed E-state index contributed by atoms with van der Waals surface area (Å²) in [6.07, 6.45) is 1.71. The third-order valence-electron chi connectivity index (χ3n) is 2.70. The summed E-state index contributed by atoms with van der Waals surface area (Å²) in [5, 5.41) is 4.72. The molecular weight excluding hydrogens is 240 g/mol. The lowest BCUT2D eigenvalue weighted by Crippen LogP contribution is -2.08. The second-order valence-electron chi connectivity index (χ2n) is 4.00. The van der Waals surface area contributed by atoms with Crippen molar-refractivity contribution in [1.82, 2.24) is 9.78 Å². The van der Waals surface area contributed by atoms with E-state index in [1.54, 1.807) is 17.8 Å². The van der Waals surface area contributed by atoms with Gasteiger partial charge in [-0.3, -0.25) is 9.48 Å². The Labute approximate surface area is 104 Å².